The SMILES string of the molecule is CCC1=Nc2ccccc2[C@@]1(C)C(=O)OC. The summed E-state index contributed by atoms with van der Waals surface area (Å²) in [5.41, 5.74) is 1.99. The summed E-state index contributed by atoms with van der Waals surface area (Å²) < 4.78 is 4.91. The lowest BCUT2D eigenvalue weighted by molar-refractivity contribution is -0.144. The number of esters is 1. The van der Waals surface area contributed by atoms with Crippen LogP contribution in [0.4, 0.5) is 5.69 Å². The van der Waals surface area contributed by atoms with Crippen molar-refractivity contribution >= 4 is 17.4 Å². The van der Waals surface area contributed by atoms with Gasteiger partial charge in [0.25, 0.3) is 0 Å². The maximum Gasteiger partial charge on any atom is 0.321 e. The first-order valence-corrected chi connectivity index (χ1v) is 5.40. The molecule has 3 heteroatoms. The average Bonchev–Trinajstić information content (AvgIpc) is 2.63. The Balaban J connectivity index is 2.60. The number of para-hydroxylation sites is 1. The molecular formula is C13H15NO2. The molecular weight excluding hydrogens is 202 g/mol. The number of aliphatic imine (C=N–C) groups is 1. The monoisotopic (exact) mass is 217 g/mol. The molecule has 0 radical (unpaired) electrons. The largest absolute Gasteiger partial charge is 0.468 e. The summed E-state index contributed by atoms with van der Waals surface area (Å²) in [5.74, 6) is -0.238. The van der Waals surface area contributed by atoms with Crippen molar-refractivity contribution < 1.29 is 9.53 Å². The van der Waals surface area contributed by atoms with Crippen LogP contribution >= 0.6 is 0 Å². The van der Waals surface area contributed by atoms with Crippen LogP contribution in [0.3, 0.4) is 0 Å². The lowest BCUT2D eigenvalue weighted by Crippen LogP contribution is -2.39. The Bertz CT molecular complexity index is 465. The number of carbonyl (C=O) groups excluding carboxylic acids is 1. The van der Waals surface area contributed by atoms with Gasteiger partial charge < -0.3 is 4.74 Å². The van der Waals surface area contributed by atoms with Crippen molar-refractivity contribution in [1.29, 1.82) is 0 Å². The van der Waals surface area contributed by atoms with Crippen LogP contribution in [-0.4, -0.2) is 18.8 Å². The topological polar surface area (TPSA) is 38.7 Å². The van der Waals surface area contributed by atoms with Crippen molar-refractivity contribution in [3.8, 4) is 0 Å². The third-order valence-electron chi connectivity index (χ3n) is 3.20. The Morgan fingerprint density at radius 3 is 2.75 bits per heavy atom. The van der Waals surface area contributed by atoms with Gasteiger partial charge in [-0.3, -0.25) is 9.79 Å². The number of hydrogen-bond acceptors (Lipinski definition) is 3. The molecule has 1 aliphatic heterocycles. The number of rotatable bonds is 2. The molecule has 1 atom stereocenters. The van der Waals surface area contributed by atoms with E-state index in [1.807, 2.05) is 38.1 Å². The molecule has 0 fully saturated rings. The molecule has 16 heavy (non-hydrogen) atoms. The van der Waals surface area contributed by atoms with E-state index in [0.717, 1.165) is 23.4 Å². The minimum atomic E-state index is -0.708. The molecule has 2 rings (SSSR count). The minimum Gasteiger partial charge on any atom is -0.468 e. The van der Waals surface area contributed by atoms with Crippen LogP contribution in [0.15, 0.2) is 29.3 Å². The van der Waals surface area contributed by atoms with E-state index in [4.69, 9.17) is 4.74 Å². The molecule has 1 aromatic rings. The van der Waals surface area contributed by atoms with E-state index in [-0.39, 0.29) is 5.97 Å². The van der Waals surface area contributed by atoms with Crippen LogP contribution in [0.2, 0.25) is 0 Å². The molecule has 1 aliphatic rings. The van der Waals surface area contributed by atoms with Crippen molar-refractivity contribution in [2.45, 2.75) is 25.7 Å². The summed E-state index contributed by atoms with van der Waals surface area (Å²) in [7, 11) is 1.42. The van der Waals surface area contributed by atoms with Crippen LogP contribution in [-0.2, 0) is 14.9 Å². The first kappa shape index (κ1) is 10.9. The van der Waals surface area contributed by atoms with Crippen molar-refractivity contribution in [2.75, 3.05) is 7.11 Å². The molecule has 0 amide bonds. The number of benzene rings is 1. The van der Waals surface area contributed by atoms with Gasteiger partial charge in [-0.1, -0.05) is 25.1 Å². The maximum absolute atomic E-state index is 12.0. The molecule has 0 aromatic heterocycles. The average molecular weight is 217 g/mol. The van der Waals surface area contributed by atoms with Crippen LogP contribution in [0, 0.1) is 0 Å². The van der Waals surface area contributed by atoms with Gasteiger partial charge in [-0.25, -0.2) is 0 Å². The number of nitrogens with zero attached hydrogens (tertiary/aromatic N) is 1. The first-order chi connectivity index (χ1) is 7.64. The molecule has 84 valence electrons. The van der Waals surface area contributed by atoms with Crippen molar-refractivity contribution in [2.24, 2.45) is 4.99 Å². The summed E-state index contributed by atoms with van der Waals surface area (Å²) in [6.07, 6.45) is 0.750. The molecule has 0 N–H and O–H groups in total. The van der Waals surface area contributed by atoms with Crippen LogP contribution in [0.5, 0.6) is 0 Å². The highest BCUT2D eigenvalue weighted by molar-refractivity contribution is 6.16. The number of fused-ring (bicyclic) bond motifs is 1. The smallest absolute Gasteiger partial charge is 0.321 e. The van der Waals surface area contributed by atoms with Gasteiger partial charge in [0.05, 0.1) is 12.8 Å². The summed E-state index contributed by atoms with van der Waals surface area (Å²) in [6, 6.07) is 7.73. The molecule has 0 saturated carbocycles. The molecule has 0 saturated heterocycles. The molecule has 3 nitrogen and oxygen atoms in total. The Kier molecular flexibility index (Phi) is 2.54. The zero-order chi connectivity index (χ0) is 11.8. The van der Waals surface area contributed by atoms with Gasteiger partial charge in [-0.15, -0.1) is 0 Å². The van der Waals surface area contributed by atoms with E-state index in [0.29, 0.717) is 0 Å². The zero-order valence-corrected chi connectivity index (χ0v) is 9.78. The second-order valence-corrected chi connectivity index (χ2v) is 4.05. The van der Waals surface area contributed by atoms with Crippen LogP contribution < -0.4 is 0 Å². The van der Waals surface area contributed by atoms with Gasteiger partial charge >= 0.3 is 5.97 Å². The predicted molar refractivity (Wildman–Crippen MR) is 63.2 cm³/mol. The summed E-state index contributed by atoms with van der Waals surface area (Å²) >= 11 is 0. The van der Waals surface area contributed by atoms with Crippen molar-refractivity contribution in [3.05, 3.63) is 29.8 Å². The second-order valence-electron chi connectivity index (χ2n) is 4.05. The van der Waals surface area contributed by atoms with Crippen LogP contribution in [0.1, 0.15) is 25.8 Å². The fraction of sp³-hybridized carbons (Fsp3) is 0.385. The second kappa shape index (κ2) is 3.74. The number of methoxy groups -OCH3 is 1. The number of carbonyl (C=O) groups is 1. The van der Waals surface area contributed by atoms with E-state index in [1.54, 1.807) is 0 Å². The van der Waals surface area contributed by atoms with E-state index >= 15 is 0 Å². The van der Waals surface area contributed by atoms with Gasteiger partial charge in [0.1, 0.15) is 5.41 Å². The highest BCUT2D eigenvalue weighted by Gasteiger charge is 2.45. The summed E-state index contributed by atoms with van der Waals surface area (Å²) in [6.45, 7) is 3.89. The van der Waals surface area contributed by atoms with E-state index in [9.17, 15) is 4.79 Å². The fourth-order valence-electron chi connectivity index (χ4n) is 2.27. The zero-order valence-electron chi connectivity index (χ0n) is 9.78. The normalized spacial score (nSPS) is 22.6. The van der Waals surface area contributed by atoms with E-state index in [2.05, 4.69) is 4.99 Å². The number of ether oxygens (including phenoxy) is 1. The van der Waals surface area contributed by atoms with E-state index in [1.165, 1.54) is 7.11 Å². The standard InChI is InChI=1S/C13H15NO2/c1-4-11-13(2,12(15)16-3)9-7-5-6-8-10(9)14-11/h5-8H,4H2,1-3H3/t13-/m1/s1. The van der Waals surface area contributed by atoms with Gasteiger partial charge in [0.15, 0.2) is 0 Å². The highest BCUT2D eigenvalue weighted by Crippen LogP contribution is 2.41. The van der Waals surface area contributed by atoms with Crippen molar-refractivity contribution in [3.63, 3.8) is 0 Å². The molecule has 1 heterocycles. The Morgan fingerprint density at radius 1 is 1.44 bits per heavy atom. The number of hydrogen-bond donors (Lipinski definition) is 0. The third-order valence-corrected chi connectivity index (χ3v) is 3.20. The fourth-order valence-corrected chi connectivity index (χ4v) is 2.27. The highest BCUT2D eigenvalue weighted by atomic mass is 16.5. The Morgan fingerprint density at radius 2 is 2.12 bits per heavy atom. The summed E-state index contributed by atoms with van der Waals surface area (Å²) in [5, 5.41) is 0. The molecule has 0 aliphatic carbocycles. The van der Waals surface area contributed by atoms with E-state index < -0.39 is 5.41 Å². The van der Waals surface area contributed by atoms with Gasteiger partial charge in [-0.2, -0.15) is 0 Å². The quantitative estimate of drug-likeness (QED) is 0.714. The van der Waals surface area contributed by atoms with Crippen LogP contribution in [0.25, 0.3) is 0 Å². The Hall–Kier alpha value is -1.64. The molecule has 1 aromatic carbocycles. The van der Waals surface area contributed by atoms with Crippen molar-refractivity contribution in [1.82, 2.24) is 0 Å². The lowest BCUT2D eigenvalue weighted by atomic mass is 9.78. The predicted octanol–water partition coefficient (Wildman–Crippen LogP) is 2.61. The van der Waals surface area contributed by atoms with Gasteiger partial charge in [0, 0.05) is 11.3 Å². The minimum absolute atomic E-state index is 0.238. The Labute approximate surface area is 95.2 Å². The summed E-state index contributed by atoms with van der Waals surface area (Å²) in [4.78, 5) is 16.5. The molecule has 0 spiro atoms. The lowest BCUT2D eigenvalue weighted by Gasteiger charge is -2.23. The van der Waals surface area contributed by atoms with Gasteiger partial charge in [-0.05, 0) is 19.4 Å². The molecule has 0 unspecified atom stereocenters. The third kappa shape index (κ3) is 1.28. The maximum atomic E-state index is 12.0. The molecule has 0 bridgehead atoms. The first-order valence-electron chi connectivity index (χ1n) is 5.40. The van der Waals surface area contributed by atoms with Gasteiger partial charge in [0.2, 0.25) is 0 Å².